The molecule has 0 spiro atoms. The largest absolute Gasteiger partial charge is 0.494 e. The molecule has 1 aromatic carbocycles. The van der Waals surface area contributed by atoms with E-state index in [-0.39, 0.29) is 29.8 Å². The van der Waals surface area contributed by atoms with Crippen LogP contribution >= 0.6 is 0 Å². The van der Waals surface area contributed by atoms with Gasteiger partial charge in [-0.25, -0.2) is 4.79 Å². The molecule has 1 amide bonds. The number of aromatic nitrogens is 2. The highest BCUT2D eigenvalue weighted by molar-refractivity contribution is 5.69. The SMILES string of the molecule is C[C@@]12O[C@@](C)(C[C@H]1NC(=O)OCc1ccncc1)c1c2c(O)n(-c2ccc(C#N)c(C(F)(F)F)c2)c1O. The molecule has 0 aliphatic carbocycles. The van der Waals surface area contributed by atoms with E-state index in [2.05, 4.69) is 10.3 Å². The number of ether oxygens (including phenoxy) is 2. The van der Waals surface area contributed by atoms with E-state index in [1.807, 2.05) is 0 Å². The number of pyridine rings is 1. The summed E-state index contributed by atoms with van der Waals surface area (Å²) in [4.78, 5) is 16.4. The summed E-state index contributed by atoms with van der Waals surface area (Å²) in [5.74, 6) is -1.02. The number of carbonyl (C=O) groups is 1. The number of hydrogen-bond donors (Lipinski definition) is 3. The fraction of sp³-hybridized carbons (Fsp3) is 0.320. The van der Waals surface area contributed by atoms with Crippen molar-refractivity contribution in [3.8, 4) is 23.5 Å². The van der Waals surface area contributed by atoms with Gasteiger partial charge in [-0.05, 0) is 49.7 Å². The summed E-state index contributed by atoms with van der Waals surface area (Å²) in [7, 11) is 0. The highest BCUT2D eigenvalue weighted by Gasteiger charge is 2.65. The normalized spacial score (nSPS) is 23.9. The van der Waals surface area contributed by atoms with E-state index in [1.165, 1.54) is 12.1 Å². The highest BCUT2D eigenvalue weighted by Crippen LogP contribution is 2.64. The molecule has 0 radical (unpaired) electrons. The first-order chi connectivity index (χ1) is 17.4. The van der Waals surface area contributed by atoms with Crippen LogP contribution in [0.4, 0.5) is 18.0 Å². The number of alkyl carbamates (subject to hydrolysis) is 1. The zero-order valence-electron chi connectivity index (χ0n) is 19.6. The monoisotopic (exact) mass is 514 g/mol. The summed E-state index contributed by atoms with van der Waals surface area (Å²) in [6.07, 6.45) is -2.22. The Bertz CT molecular complexity index is 1450. The van der Waals surface area contributed by atoms with E-state index in [4.69, 9.17) is 14.7 Å². The van der Waals surface area contributed by atoms with Crippen molar-refractivity contribution in [2.24, 2.45) is 0 Å². The fourth-order valence-corrected chi connectivity index (χ4v) is 5.31. The average molecular weight is 514 g/mol. The quantitative estimate of drug-likeness (QED) is 0.473. The van der Waals surface area contributed by atoms with Gasteiger partial charge in [0.1, 0.15) is 12.2 Å². The molecule has 12 heteroatoms. The molecule has 192 valence electrons. The van der Waals surface area contributed by atoms with Gasteiger partial charge in [0.2, 0.25) is 11.8 Å². The molecule has 3 aromatic rings. The summed E-state index contributed by atoms with van der Waals surface area (Å²) >= 11 is 0. The van der Waals surface area contributed by atoms with E-state index < -0.39 is 52.4 Å². The smallest absolute Gasteiger partial charge is 0.417 e. The molecule has 1 saturated heterocycles. The van der Waals surface area contributed by atoms with Crippen molar-refractivity contribution in [1.29, 1.82) is 5.26 Å². The third-order valence-electron chi connectivity index (χ3n) is 6.94. The Balaban J connectivity index is 1.48. The van der Waals surface area contributed by atoms with Gasteiger partial charge < -0.3 is 25.0 Å². The average Bonchev–Trinajstić information content (AvgIpc) is 3.37. The maximum absolute atomic E-state index is 13.5. The van der Waals surface area contributed by atoms with Gasteiger partial charge in [0.25, 0.3) is 0 Å². The predicted molar refractivity (Wildman–Crippen MR) is 121 cm³/mol. The van der Waals surface area contributed by atoms with Crippen molar-refractivity contribution in [2.75, 3.05) is 0 Å². The van der Waals surface area contributed by atoms with E-state index >= 15 is 0 Å². The van der Waals surface area contributed by atoms with Crippen molar-refractivity contribution in [3.63, 3.8) is 0 Å². The molecule has 0 saturated carbocycles. The summed E-state index contributed by atoms with van der Waals surface area (Å²) in [5, 5.41) is 34.0. The number of aromatic hydroxyl groups is 2. The second kappa shape index (κ2) is 8.14. The zero-order valence-corrected chi connectivity index (χ0v) is 19.6. The van der Waals surface area contributed by atoms with Gasteiger partial charge >= 0.3 is 12.3 Å². The number of fused-ring (bicyclic) bond motifs is 5. The third-order valence-corrected chi connectivity index (χ3v) is 6.94. The van der Waals surface area contributed by atoms with Gasteiger partial charge in [0, 0.05) is 18.8 Å². The Hall–Kier alpha value is -4.24. The Morgan fingerprint density at radius 2 is 1.92 bits per heavy atom. The number of hydrogen-bond acceptors (Lipinski definition) is 7. The van der Waals surface area contributed by atoms with Gasteiger partial charge in [-0.15, -0.1) is 0 Å². The molecular weight excluding hydrogens is 493 g/mol. The Morgan fingerprint density at radius 3 is 2.57 bits per heavy atom. The van der Waals surface area contributed by atoms with Crippen LogP contribution in [0.3, 0.4) is 0 Å². The lowest BCUT2D eigenvalue weighted by atomic mass is 9.76. The summed E-state index contributed by atoms with van der Waals surface area (Å²) in [6.45, 7) is 3.27. The number of benzene rings is 1. The molecule has 2 aromatic heterocycles. The van der Waals surface area contributed by atoms with Gasteiger partial charge in [0.05, 0.1) is 45.7 Å². The lowest BCUT2D eigenvalue weighted by Crippen LogP contribution is -2.47. The lowest BCUT2D eigenvalue weighted by molar-refractivity contribution is -0.137. The number of nitrogens with zero attached hydrogens (tertiary/aromatic N) is 3. The molecule has 37 heavy (non-hydrogen) atoms. The zero-order chi connectivity index (χ0) is 26.8. The number of rotatable bonds is 4. The number of alkyl halides is 3. The second-order valence-electron chi connectivity index (χ2n) is 9.34. The second-order valence-corrected chi connectivity index (χ2v) is 9.34. The first-order valence-electron chi connectivity index (χ1n) is 11.2. The topological polar surface area (TPSA) is 130 Å². The maximum atomic E-state index is 13.5. The minimum absolute atomic E-state index is 0.00378. The third kappa shape index (κ3) is 3.74. The van der Waals surface area contributed by atoms with Crippen molar-refractivity contribution in [2.45, 2.75) is 50.3 Å². The van der Waals surface area contributed by atoms with Gasteiger partial charge in [-0.3, -0.25) is 9.55 Å². The van der Waals surface area contributed by atoms with Crippen LogP contribution in [0.2, 0.25) is 0 Å². The number of halogens is 3. The number of nitriles is 1. The molecule has 3 N–H and O–H groups in total. The van der Waals surface area contributed by atoms with Crippen LogP contribution in [-0.2, 0) is 33.5 Å². The van der Waals surface area contributed by atoms with Crippen molar-refractivity contribution < 1.29 is 37.7 Å². The van der Waals surface area contributed by atoms with Crippen LogP contribution in [0, 0.1) is 11.3 Å². The Morgan fingerprint density at radius 1 is 1.24 bits per heavy atom. The Kier molecular flexibility index (Phi) is 5.38. The molecule has 9 nitrogen and oxygen atoms in total. The summed E-state index contributed by atoms with van der Waals surface area (Å²) in [5.41, 5.74) is -3.35. The molecule has 5 rings (SSSR count). The molecule has 2 aliphatic heterocycles. The van der Waals surface area contributed by atoms with Gasteiger partial charge in [-0.1, -0.05) is 0 Å². The van der Waals surface area contributed by atoms with Gasteiger partial charge in [-0.2, -0.15) is 18.4 Å². The van der Waals surface area contributed by atoms with Crippen LogP contribution in [0.5, 0.6) is 11.8 Å². The van der Waals surface area contributed by atoms with Crippen LogP contribution in [0.1, 0.15) is 48.1 Å². The van der Waals surface area contributed by atoms with Crippen molar-refractivity contribution in [1.82, 2.24) is 14.9 Å². The maximum Gasteiger partial charge on any atom is 0.417 e. The van der Waals surface area contributed by atoms with Crippen molar-refractivity contribution in [3.05, 3.63) is 70.5 Å². The van der Waals surface area contributed by atoms with Crippen molar-refractivity contribution >= 4 is 6.09 Å². The van der Waals surface area contributed by atoms with Crippen LogP contribution < -0.4 is 5.32 Å². The summed E-state index contributed by atoms with van der Waals surface area (Å²) in [6, 6.07) is 7.07. The standard InChI is InChI=1S/C25H21F3N4O5/c1-23-10-17(31-22(35)36-12-13-5-7-30-8-6-13)24(2,37-23)19-18(23)20(33)32(21(19)34)15-4-3-14(11-29)16(9-15)25(26,27)28/h3-9,17,33-34H,10,12H2,1-2H3,(H,31,35)/t17-,23+,24-/m1/s1. The Labute approximate surface area is 208 Å². The first kappa shape index (κ1) is 24.5. The molecule has 4 heterocycles. The molecule has 3 atom stereocenters. The van der Waals surface area contributed by atoms with Crippen LogP contribution in [-0.4, -0.2) is 31.9 Å². The molecule has 0 unspecified atom stereocenters. The molecule has 2 aliphatic rings. The number of amides is 1. The summed E-state index contributed by atoms with van der Waals surface area (Å²) < 4.78 is 52.9. The minimum Gasteiger partial charge on any atom is -0.494 e. The minimum atomic E-state index is -4.83. The number of nitrogens with one attached hydrogen (secondary N) is 1. The van der Waals surface area contributed by atoms with Crippen LogP contribution in [0.15, 0.2) is 42.7 Å². The van der Waals surface area contributed by atoms with E-state index in [0.29, 0.717) is 6.07 Å². The fourth-order valence-electron chi connectivity index (χ4n) is 5.31. The highest BCUT2D eigenvalue weighted by atomic mass is 19.4. The van der Waals surface area contributed by atoms with E-state index in [9.17, 15) is 28.2 Å². The lowest BCUT2D eigenvalue weighted by Gasteiger charge is -2.30. The van der Waals surface area contributed by atoms with E-state index in [1.54, 1.807) is 38.4 Å². The van der Waals surface area contributed by atoms with E-state index in [0.717, 1.165) is 16.2 Å². The molecule has 1 fully saturated rings. The number of carbonyl (C=O) groups excluding carboxylic acids is 1. The molecule has 2 bridgehead atoms. The first-order valence-corrected chi connectivity index (χ1v) is 11.2. The predicted octanol–water partition coefficient (Wildman–Crippen LogP) is 4.33. The molecular formula is C25H21F3N4O5. The van der Waals surface area contributed by atoms with Crippen LogP contribution in [0.25, 0.3) is 5.69 Å². The van der Waals surface area contributed by atoms with Gasteiger partial charge in [0.15, 0.2) is 0 Å².